The van der Waals surface area contributed by atoms with Gasteiger partial charge >= 0.3 is 0 Å². The van der Waals surface area contributed by atoms with E-state index in [1.165, 1.54) is 12.3 Å². The number of hydrogen-bond acceptors (Lipinski definition) is 3. The lowest BCUT2D eigenvalue weighted by atomic mass is 10.1. The fourth-order valence-corrected chi connectivity index (χ4v) is 1.78. The van der Waals surface area contributed by atoms with Crippen molar-refractivity contribution in [2.45, 2.75) is 6.92 Å². The number of nitrogens with one attached hydrogen (secondary N) is 2. The zero-order chi connectivity index (χ0) is 16.1. The highest BCUT2D eigenvalue weighted by Gasteiger charge is 2.01. The molecule has 0 saturated carbocycles. The highest BCUT2D eigenvalue weighted by atomic mass is 16.2. The first-order valence-corrected chi connectivity index (χ1v) is 6.54. The van der Waals surface area contributed by atoms with Crippen molar-refractivity contribution in [3.63, 3.8) is 0 Å². The van der Waals surface area contributed by atoms with Crippen molar-refractivity contribution >= 4 is 23.6 Å². The SMILES string of the molecule is Cc1cc(NC(=O)/C=C/c2ccc(C(N)=O)cc2)c[nH]c1=O. The summed E-state index contributed by atoms with van der Waals surface area (Å²) in [5.74, 6) is -0.827. The summed E-state index contributed by atoms with van der Waals surface area (Å²) < 4.78 is 0. The second-order valence-electron chi connectivity index (χ2n) is 4.71. The molecule has 0 fully saturated rings. The second kappa shape index (κ2) is 6.53. The van der Waals surface area contributed by atoms with Crippen molar-refractivity contribution in [3.8, 4) is 0 Å². The molecule has 0 aliphatic carbocycles. The number of carbonyl (C=O) groups is 2. The molecule has 1 aromatic carbocycles. The molecule has 2 amide bonds. The Balaban J connectivity index is 2.03. The van der Waals surface area contributed by atoms with E-state index in [1.54, 1.807) is 43.3 Å². The van der Waals surface area contributed by atoms with Crippen LogP contribution in [0.3, 0.4) is 0 Å². The van der Waals surface area contributed by atoms with Gasteiger partial charge in [0.2, 0.25) is 11.8 Å². The van der Waals surface area contributed by atoms with Crippen molar-refractivity contribution in [2.75, 3.05) is 5.32 Å². The van der Waals surface area contributed by atoms with E-state index < -0.39 is 5.91 Å². The first-order chi connectivity index (χ1) is 10.5. The Morgan fingerprint density at radius 1 is 1.23 bits per heavy atom. The van der Waals surface area contributed by atoms with Gasteiger partial charge in [0.1, 0.15) is 0 Å². The minimum Gasteiger partial charge on any atom is -0.366 e. The van der Waals surface area contributed by atoms with Crippen molar-refractivity contribution in [1.82, 2.24) is 4.98 Å². The van der Waals surface area contributed by atoms with Gasteiger partial charge in [0.25, 0.3) is 5.56 Å². The summed E-state index contributed by atoms with van der Waals surface area (Å²) in [5.41, 5.74) is 7.15. The van der Waals surface area contributed by atoms with Crippen LogP contribution in [-0.4, -0.2) is 16.8 Å². The number of nitrogens with two attached hydrogens (primary N) is 1. The summed E-state index contributed by atoms with van der Waals surface area (Å²) in [6.45, 7) is 1.66. The third kappa shape index (κ3) is 3.92. The average Bonchev–Trinajstić information content (AvgIpc) is 2.49. The number of rotatable bonds is 4. The number of aryl methyl sites for hydroxylation is 1. The summed E-state index contributed by atoms with van der Waals surface area (Å²) in [7, 11) is 0. The fourth-order valence-electron chi connectivity index (χ4n) is 1.78. The molecule has 2 rings (SSSR count). The Labute approximate surface area is 126 Å². The van der Waals surface area contributed by atoms with Gasteiger partial charge in [-0.05, 0) is 36.8 Å². The number of primary amides is 1. The Bertz CT molecular complexity index is 789. The van der Waals surface area contributed by atoms with Gasteiger partial charge in [-0.1, -0.05) is 12.1 Å². The number of hydrogen-bond donors (Lipinski definition) is 3. The van der Waals surface area contributed by atoms with Gasteiger partial charge in [-0.15, -0.1) is 0 Å². The number of aromatic nitrogens is 1. The monoisotopic (exact) mass is 297 g/mol. The Kier molecular flexibility index (Phi) is 4.53. The van der Waals surface area contributed by atoms with Crippen molar-refractivity contribution in [3.05, 3.63) is 69.6 Å². The normalized spacial score (nSPS) is 10.6. The van der Waals surface area contributed by atoms with E-state index in [9.17, 15) is 14.4 Å². The molecular weight excluding hydrogens is 282 g/mol. The maximum absolute atomic E-state index is 11.8. The topological polar surface area (TPSA) is 105 Å². The van der Waals surface area contributed by atoms with Gasteiger partial charge in [-0.25, -0.2) is 0 Å². The van der Waals surface area contributed by atoms with Crippen LogP contribution in [0.2, 0.25) is 0 Å². The molecule has 0 spiro atoms. The average molecular weight is 297 g/mol. The maximum atomic E-state index is 11.8. The van der Waals surface area contributed by atoms with Gasteiger partial charge < -0.3 is 16.0 Å². The minimum atomic E-state index is -0.498. The number of anilines is 1. The molecule has 2 aromatic rings. The third-order valence-corrected chi connectivity index (χ3v) is 2.98. The minimum absolute atomic E-state index is 0.192. The zero-order valence-corrected chi connectivity index (χ0v) is 11.9. The molecule has 112 valence electrons. The van der Waals surface area contributed by atoms with Crippen molar-refractivity contribution in [2.24, 2.45) is 5.73 Å². The lowest BCUT2D eigenvalue weighted by Crippen LogP contribution is -2.13. The van der Waals surface area contributed by atoms with E-state index in [0.29, 0.717) is 16.8 Å². The van der Waals surface area contributed by atoms with E-state index in [-0.39, 0.29) is 11.5 Å². The van der Waals surface area contributed by atoms with Crippen molar-refractivity contribution in [1.29, 1.82) is 0 Å². The first-order valence-electron chi connectivity index (χ1n) is 6.54. The molecule has 1 heterocycles. The van der Waals surface area contributed by atoms with E-state index in [1.807, 2.05) is 0 Å². The van der Waals surface area contributed by atoms with Gasteiger partial charge in [0.15, 0.2) is 0 Å². The van der Waals surface area contributed by atoms with Gasteiger partial charge in [-0.3, -0.25) is 14.4 Å². The second-order valence-corrected chi connectivity index (χ2v) is 4.71. The molecule has 0 unspecified atom stereocenters. The largest absolute Gasteiger partial charge is 0.366 e. The first kappa shape index (κ1) is 15.2. The van der Waals surface area contributed by atoms with Crippen LogP contribution in [0.1, 0.15) is 21.5 Å². The summed E-state index contributed by atoms with van der Waals surface area (Å²) in [4.78, 5) is 36.5. The highest BCUT2D eigenvalue weighted by molar-refractivity contribution is 6.02. The highest BCUT2D eigenvalue weighted by Crippen LogP contribution is 2.07. The zero-order valence-electron chi connectivity index (χ0n) is 11.9. The lowest BCUT2D eigenvalue weighted by Gasteiger charge is -2.02. The molecule has 0 bridgehead atoms. The number of pyridine rings is 1. The quantitative estimate of drug-likeness (QED) is 0.743. The Hall–Kier alpha value is -3.15. The molecule has 22 heavy (non-hydrogen) atoms. The predicted molar refractivity (Wildman–Crippen MR) is 84.4 cm³/mol. The molecule has 4 N–H and O–H groups in total. The van der Waals surface area contributed by atoms with E-state index in [4.69, 9.17) is 5.73 Å². The smallest absolute Gasteiger partial charge is 0.250 e. The number of carbonyl (C=O) groups excluding carboxylic acids is 2. The van der Waals surface area contributed by atoms with Crippen LogP contribution in [0.5, 0.6) is 0 Å². The summed E-state index contributed by atoms with van der Waals surface area (Å²) >= 11 is 0. The van der Waals surface area contributed by atoms with Crippen molar-refractivity contribution < 1.29 is 9.59 Å². The van der Waals surface area contributed by atoms with Crippen LogP contribution in [0.25, 0.3) is 6.08 Å². The molecule has 6 heteroatoms. The molecule has 6 nitrogen and oxygen atoms in total. The lowest BCUT2D eigenvalue weighted by molar-refractivity contribution is -0.111. The number of amides is 2. The number of H-pyrrole nitrogens is 1. The standard InChI is InChI=1S/C16H15N3O3/c1-10-8-13(9-18-16(10)22)19-14(20)7-4-11-2-5-12(6-3-11)15(17)21/h2-9H,1H3,(H2,17,21)(H,18,22)(H,19,20)/b7-4+. The fraction of sp³-hybridized carbons (Fsp3) is 0.0625. The van der Waals surface area contributed by atoms with Crippen LogP contribution in [-0.2, 0) is 4.79 Å². The Morgan fingerprint density at radius 2 is 1.91 bits per heavy atom. The summed E-state index contributed by atoms with van der Waals surface area (Å²) in [5, 5.41) is 2.64. The molecule has 0 aliphatic rings. The van der Waals surface area contributed by atoms with Crippen LogP contribution < -0.4 is 16.6 Å². The Morgan fingerprint density at radius 3 is 2.50 bits per heavy atom. The summed E-state index contributed by atoms with van der Waals surface area (Å²) in [6.07, 6.45) is 4.40. The molecule has 0 aliphatic heterocycles. The van der Waals surface area contributed by atoms with Crippen LogP contribution in [0.15, 0.2) is 47.4 Å². The van der Waals surface area contributed by atoms with E-state index in [0.717, 1.165) is 5.56 Å². The molecule has 0 saturated heterocycles. The van der Waals surface area contributed by atoms with Crippen LogP contribution in [0.4, 0.5) is 5.69 Å². The van der Waals surface area contributed by atoms with Gasteiger partial charge in [0.05, 0.1) is 5.69 Å². The predicted octanol–water partition coefficient (Wildman–Crippen LogP) is 1.43. The number of benzene rings is 1. The van der Waals surface area contributed by atoms with Crippen LogP contribution in [0, 0.1) is 6.92 Å². The third-order valence-electron chi connectivity index (χ3n) is 2.98. The number of aromatic amines is 1. The van der Waals surface area contributed by atoms with Crippen LogP contribution >= 0.6 is 0 Å². The molecule has 1 aromatic heterocycles. The summed E-state index contributed by atoms with van der Waals surface area (Å²) in [6, 6.07) is 8.14. The van der Waals surface area contributed by atoms with Gasteiger partial charge in [-0.2, -0.15) is 0 Å². The van der Waals surface area contributed by atoms with E-state index >= 15 is 0 Å². The van der Waals surface area contributed by atoms with Gasteiger partial charge in [0, 0.05) is 23.4 Å². The van der Waals surface area contributed by atoms with E-state index in [2.05, 4.69) is 10.3 Å². The molecule has 0 radical (unpaired) electrons. The molecule has 0 atom stereocenters. The molecular formula is C16H15N3O3. The maximum Gasteiger partial charge on any atom is 0.250 e.